The van der Waals surface area contributed by atoms with Gasteiger partial charge in [0.1, 0.15) is 17.3 Å². The Morgan fingerprint density at radius 3 is 3.08 bits per heavy atom. The highest BCUT2D eigenvalue weighted by atomic mass is 32.2. The third kappa shape index (κ3) is 5.25. The van der Waals surface area contributed by atoms with Crippen LogP contribution < -0.4 is 10.1 Å². The van der Waals surface area contributed by atoms with Gasteiger partial charge in [0.2, 0.25) is 11.1 Å². The normalized spacial score (nSPS) is 11.0. The number of rotatable bonds is 8. The Balaban J connectivity index is 1.44. The molecule has 0 aliphatic carbocycles. The van der Waals surface area contributed by atoms with Crippen LogP contribution in [-0.2, 0) is 11.3 Å². The predicted octanol–water partition coefficient (Wildman–Crippen LogP) is 2.99. The number of thioether (sulfide) groups is 1. The fourth-order valence-corrected chi connectivity index (χ4v) is 2.74. The topological polar surface area (TPSA) is 93.0 Å². The second kappa shape index (κ2) is 8.91. The Hall–Kier alpha value is -3.00. The number of benzene rings is 1. The van der Waals surface area contributed by atoms with Crippen LogP contribution in [0.4, 0.5) is 0 Å². The highest BCUT2D eigenvalue weighted by Crippen LogP contribution is 2.14. The molecular weight excluding hydrogens is 352 g/mol. The molecule has 0 unspecified atom stereocenters. The number of amides is 1. The lowest BCUT2D eigenvalue weighted by atomic mass is 10.2. The minimum atomic E-state index is -0.0877. The van der Waals surface area contributed by atoms with E-state index in [2.05, 4.69) is 20.5 Å². The van der Waals surface area contributed by atoms with E-state index in [4.69, 9.17) is 9.15 Å². The second-order valence-electron chi connectivity index (χ2n) is 5.27. The average Bonchev–Trinajstić information content (AvgIpc) is 3.35. The zero-order chi connectivity index (χ0) is 18.2. The maximum absolute atomic E-state index is 12.0. The molecule has 0 spiro atoms. The standard InChI is InChI=1S/C18H18N4O3S/c1-24-15-5-2-4-13(10-15)11-19-17(23)12-26-18-20-16(21-22-18)8-7-14-6-3-9-25-14/h2-10H,11-12H2,1H3,(H,19,23)(H,20,21,22)/b8-7+. The number of methoxy groups -OCH3 is 1. The molecular formula is C18H18N4O3S. The first-order chi connectivity index (χ1) is 12.7. The van der Waals surface area contributed by atoms with E-state index >= 15 is 0 Å². The third-order valence-electron chi connectivity index (χ3n) is 3.39. The lowest BCUT2D eigenvalue weighted by molar-refractivity contribution is -0.118. The summed E-state index contributed by atoms with van der Waals surface area (Å²) in [6.45, 7) is 0.446. The summed E-state index contributed by atoms with van der Waals surface area (Å²) < 4.78 is 10.4. The van der Waals surface area contributed by atoms with E-state index in [9.17, 15) is 4.79 Å². The van der Waals surface area contributed by atoms with Crippen molar-refractivity contribution in [3.8, 4) is 5.75 Å². The molecule has 0 saturated heterocycles. The number of hydrogen-bond acceptors (Lipinski definition) is 6. The van der Waals surface area contributed by atoms with Crippen molar-refractivity contribution in [3.63, 3.8) is 0 Å². The number of aromatic amines is 1. The molecule has 1 aromatic carbocycles. The van der Waals surface area contributed by atoms with E-state index in [1.54, 1.807) is 25.5 Å². The monoisotopic (exact) mass is 370 g/mol. The first kappa shape index (κ1) is 17.8. The number of ether oxygens (including phenoxy) is 1. The van der Waals surface area contributed by atoms with E-state index in [-0.39, 0.29) is 11.7 Å². The van der Waals surface area contributed by atoms with Gasteiger partial charge in [0, 0.05) is 6.54 Å². The number of carbonyl (C=O) groups is 1. The van der Waals surface area contributed by atoms with Gasteiger partial charge in [-0.05, 0) is 42.0 Å². The first-order valence-electron chi connectivity index (χ1n) is 7.89. The van der Waals surface area contributed by atoms with Crippen LogP contribution in [0.15, 0.2) is 52.2 Å². The third-order valence-corrected chi connectivity index (χ3v) is 4.23. The molecule has 3 rings (SSSR count). The number of carbonyl (C=O) groups excluding carboxylic acids is 1. The lowest BCUT2D eigenvalue weighted by Gasteiger charge is -2.06. The molecule has 0 radical (unpaired) electrons. The molecule has 0 aliphatic heterocycles. The molecule has 7 nitrogen and oxygen atoms in total. The van der Waals surface area contributed by atoms with Crippen LogP contribution in [0.1, 0.15) is 17.1 Å². The minimum absolute atomic E-state index is 0.0877. The largest absolute Gasteiger partial charge is 0.497 e. The molecule has 0 fully saturated rings. The van der Waals surface area contributed by atoms with Crippen LogP contribution in [0.2, 0.25) is 0 Å². The van der Waals surface area contributed by atoms with Crippen LogP contribution in [0.3, 0.4) is 0 Å². The van der Waals surface area contributed by atoms with Crippen LogP contribution in [-0.4, -0.2) is 34.0 Å². The van der Waals surface area contributed by atoms with Gasteiger partial charge in [0.25, 0.3) is 0 Å². The Labute approximate surface area is 154 Å². The van der Waals surface area contributed by atoms with E-state index in [1.807, 2.05) is 36.4 Å². The lowest BCUT2D eigenvalue weighted by Crippen LogP contribution is -2.24. The number of nitrogens with one attached hydrogen (secondary N) is 2. The van der Waals surface area contributed by atoms with Gasteiger partial charge in [-0.2, -0.15) is 0 Å². The van der Waals surface area contributed by atoms with Crippen molar-refractivity contribution < 1.29 is 13.9 Å². The van der Waals surface area contributed by atoms with Gasteiger partial charge < -0.3 is 14.5 Å². The molecule has 2 N–H and O–H groups in total. The Morgan fingerprint density at radius 2 is 2.27 bits per heavy atom. The summed E-state index contributed by atoms with van der Waals surface area (Å²) >= 11 is 1.27. The Bertz CT molecular complexity index is 874. The van der Waals surface area contributed by atoms with Gasteiger partial charge in [-0.25, -0.2) is 4.98 Å². The number of H-pyrrole nitrogens is 1. The predicted molar refractivity (Wildman–Crippen MR) is 99.6 cm³/mol. The van der Waals surface area contributed by atoms with E-state index in [0.717, 1.165) is 17.1 Å². The summed E-state index contributed by atoms with van der Waals surface area (Å²) in [5.41, 5.74) is 0.978. The van der Waals surface area contributed by atoms with Gasteiger partial charge in [-0.15, -0.1) is 5.10 Å². The average molecular weight is 370 g/mol. The molecule has 0 aliphatic rings. The van der Waals surface area contributed by atoms with Crippen LogP contribution in [0.5, 0.6) is 5.75 Å². The van der Waals surface area contributed by atoms with Gasteiger partial charge in [0.15, 0.2) is 0 Å². The molecule has 134 valence electrons. The number of aromatic nitrogens is 3. The number of hydrogen-bond donors (Lipinski definition) is 2. The van der Waals surface area contributed by atoms with Crippen molar-refractivity contribution in [2.75, 3.05) is 12.9 Å². The first-order valence-corrected chi connectivity index (χ1v) is 8.88. The summed E-state index contributed by atoms with van der Waals surface area (Å²) in [6.07, 6.45) is 5.15. The van der Waals surface area contributed by atoms with Crippen molar-refractivity contribution in [2.24, 2.45) is 0 Å². The molecule has 2 heterocycles. The van der Waals surface area contributed by atoms with Gasteiger partial charge >= 0.3 is 0 Å². The van der Waals surface area contributed by atoms with Crippen molar-refractivity contribution in [1.82, 2.24) is 20.5 Å². The zero-order valence-electron chi connectivity index (χ0n) is 14.1. The quantitative estimate of drug-likeness (QED) is 0.592. The van der Waals surface area contributed by atoms with E-state index in [0.29, 0.717) is 17.5 Å². The molecule has 3 aromatic rings. The summed E-state index contributed by atoms with van der Waals surface area (Å²) in [5, 5.41) is 10.3. The molecule has 8 heteroatoms. The van der Waals surface area contributed by atoms with Crippen molar-refractivity contribution >= 4 is 29.8 Å². The molecule has 0 atom stereocenters. The fraction of sp³-hybridized carbons (Fsp3) is 0.167. The van der Waals surface area contributed by atoms with Crippen LogP contribution in [0.25, 0.3) is 12.2 Å². The van der Waals surface area contributed by atoms with E-state index in [1.165, 1.54) is 11.8 Å². The summed E-state index contributed by atoms with van der Waals surface area (Å²) in [5.74, 6) is 2.24. The zero-order valence-corrected chi connectivity index (χ0v) is 15.0. The highest BCUT2D eigenvalue weighted by Gasteiger charge is 2.07. The van der Waals surface area contributed by atoms with Crippen molar-refractivity contribution in [1.29, 1.82) is 0 Å². The second-order valence-corrected chi connectivity index (χ2v) is 6.21. The minimum Gasteiger partial charge on any atom is -0.497 e. The van der Waals surface area contributed by atoms with Gasteiger partial charge in [-0.1, -0.05) is 23.9 Å². The van der Waals surface area contributed by atoms with Crippen LogP contribution in [0, 0.1) is 0 Å². The molecule has 0 saturated carbocycles. The fourth-order valence-electron chi connectivity index (χ4n) is 2.11. The highest BCUT2D eigenvalue weighted by molar-refractivity contribution is 7.99. The number of furan rings is 1. The summed E-state index contributed by atoms with van der Waals surface area (Å²) in [7, 11) is 1.61. The van der Waals surface area contributed by atoms with Crippen molar-refractivity contribution in [3.05, 3.63) is 59.8 Å². The summed E-state index contributed by atoms with van der Waals surface area (Å²) in [4.78, 5) is 16.3. The van der Waals surface area contributed by atoms with Crippen molar-refractivity contribution in [2.45, 2.75) is 11.7 Å². The van der Waals surface area contributed by atoms with Crippen LogP contribution >= 0.6 is 11.8 Å². The molecule has 0 bridgehead atoms. The van der Waals surface area contributed by atoms with E-state index < -0.39 is 0 Å². The maximum atomic E-state index is 12.0. The Morgan fingerprint density at radius 1 is 1.35 bits per heavy atom. The summed E-state index contributed by atoms with van der Waals surface area (Å²) in [6, 6.07) is 11.2. The Kier molecular flexibility index (Phi) is 6.10. The SMILES string of the molecule is COc1cccc(CNC(=O)CSc2n[nH]c(/C=C/c3ccco3)n2)c1. The smallest absolute Gasteiger partial charge is 0.230 e. The van der Waals surface area contributed by atoms with Gasteiger partial charge in [-0.3, -0.25) is 9.89 Å². The number of nitrogens with zero attached hydrogens (tertiary/aromatic N) is 2. The molecule has 26 heavy (non-hydrogen) atoms. The maximum Gasteiger partial charge on any atom is 0.230 e. The molecule has 2 aromatic heterocycles. The van der Waals surface area contributed by atoms with Gasteiger partial charge in [0.05, 0.1) is 19.1 Å². The molecule has 1 amide bonds.